The number of anilines is 1. The summed E-state index contributed by atoms with van der Waals surface area (Å²) in [7, 11) is 0. The molecule has 0 aliphatic carbocycles. The van der Waals surface area contributed by atoms with E-state index < -0.39 is 0 Å². The van der Waals surface area contributed by atoms with Crippen molar-refractivity contribution in [3.05, 3.63) is 63.6 Å². The molecule has 0 amide bonds. The smallest absolute Gasteiger partial charge is 0.194 e. The van der Waals surface area contributed by atoms with Crippen molar-refractivity contribution in [3.63, 3.8) is 0 Å². The molecule has 0 radical (unpaired) electrons. The molecule has 3 heteroatoms. The third-order valence-corrected chi connectivity index (χ3v) is 3.55. The van der Waals surface area contributed by atoms with Crippen LogP contribution in [0.1, 0.15) is 28.4 Å². The number of ketones is 1. The maximum atomic E-state index is 12.3. The van der Waals surface area contributed by atoms with Gasteiger partial charge in [0.05, 0.1) is 0 Å². The van der Waals surface area contributed by atoms with Gasteiger partial charge in [-0.2, -0.15) is 0 Å². The average Bonchev–Trinajstić information content (AvgIpc) is 2.41. The third kappa shape index (κ3) is 2.62. The summed E-state index contributed by atoms with van der Waals surface area (Å²) < 4.78 is 0.765. The molecule has 18 heavy (non-hydrogen) atoms. The fourth-order valence-corrected chi connectivity index (χ4v) is 2.19. The van der Waals surface area contributed by atoms with Crippen LogP contribution in [0, 0.1) is 0 Å². The van der Waals surface area contributed by atoms with Gasteiger partial charge < -0.3 is 5.73 Å². The first-order chi connectivity index (χ1) is 8.61. The van der Waals surface area contributed by atoms with E-state index in [1.54, 1.807) is 18.2 Å². The Bertz CT molecular complexity index is 576. The lowest BCUT2D eigenvalue weighted by Crippen LogP contribution is -2.03. The molecule has 0 saturated heterocycles. The topological polar surface area (TPSA) is 43.1 Å². The van der Waals surface area contributed by atoms with E-state index in [2.05, 4.69) is 22.9 Å². The summed E-state index contributed by atoms with van der Waals surface area (Å²) in [5, 5.41) is 0. The Hall–Kier alpha value is -1.61. The van der Waals surface area contributed by atoms with Crippen molar-refractivity contribution >= 4 is 27.4 Å². The SMILES string of the molecule is CCc1ccc(C(=O)c2cc(N)ccc2Br)cc1. The highest BCUT2D eigenvalue weighted by Crippen LogP contribution is 2.22. The minimum absolute atomic E-state index is 0.0168. The molecule has 0 unspecified atom stereocenters. The minimum atomic E-state index is -0.0168. The van der Waals surface area contributed by atoms with Crippen LogP contribution in [0.4, 0.5) is 5.69 Å². The van der Waals surface area contributed by atoms with Crippen LogP contribution in [0.5, 0.6) is 0 Å². The fourth-order valence-electron chi connectivity index (χ4n) is 1.76. The van der Waals surface area contributed by atoms with Gasteiger partial charge in [-0.15, -0.1) is 0 Å². The molecule has 0 heterocycles. The van der Waals surface area contributed by atoms with Gasteiger partial charge in [0.25, 0.3) is 0 Å². The summed E-state index contributed by atoms with van der Waals surface area (Å²) in [5.41, 5.74) is 8.80. The lowest BCUT2D eigenvalue weighted by Gasteiger charge is -2.06. The molecule has 2 aromatic carbocycles. The van der Waals surface area contributed by atoms with Crippen LogP contribution in [0.2, 0.25) is 0 Å². The Morgan fingerprint density at radius 3 is 2.44 bits per heavy atom. The predicted octanol–water partition coefficient (Wildman–Crippen LogP) is 3.82. The standard InChI is InChI=1S/C15H14BrNO/c1-2-10-3-5-11(6-4-10)15(18)13-9-12(17)7-8-14(13)16/h3-9H,2,17H2,1H3. The number of nitrogen functional groups attached to an aromatic ring is 1. The largest absolute Gasteiger partial charge is 0.399 e. The van der Waals surface area contributed by atoms with Gasteiger partial charge in [0.1, 0.15) is 0 Å². The number of benzene rings is 2. The zero-order valence-electron chi connectivity index (χ0n) is 10.1. The van der Waals surface area contributed by atoms with Gasteiger partial charge in [-0.25, -0.2) is 0 Å². The highest BCUT2D eigenvalue weighted by Gasteiger charge is 2.12. The van der Waals surface area contributed by atoms with E-state index in [4.69, 9.17) is 5.73 Å². The third-order valence-electron chi connectivity index (χ3n) is 2.86. The van der Waals surface area contributed by atoms with Gasteiger partial charge in [0, 0.05) is 21.3 Å². The minimum Gasteiger partial charge on any atom is -0.399 e. The van der Waals surface area contributed by atoms with E-state index in [-0.39, 0.29) is 5.78 Å². The molecule has 0 aliphatic heterocycles. The number of halogens is 1. The fraction of sp³-hybridized carbons (Fsp3) is 0.133. The normalized spacial score (nSPS) is 10.3. The Kier molecular flexibility index (Phi) is 3.82. The van der Waals surface area contributed by atoms with Crippen molar-refractivity contribution in [1.29, 1.82) is 0 Å². The van der Waals surface area contributed by atoms with Crippen molar-refractivity contribution in [1.82, 2.24) is 0 Å². The van der Waals surface area contributed by atoms with Crippen molar-refractivity contribution in [3.8, 4) is 0 Å². The Morgan fingerprint density at radius 2 is 1.83 bits per heavy atom. The summed E-state index contributed by atoms with van der Waals surface area (Å²) in [6, 6.07) is 12.9. The second-order valence-corrected chi connectivity index (χ2v) is 4.97. The van der Waals surface area contributed by atoms with E-state index in [0.29, 0.717) is 16.8 Å². The molecular weight excluding hydrogens is 290 g/mol. The second kappa shape index (κ2) is 5.36. The quantitative estimate of drug-likeness (QED) is 0.692. The summed E-state index contributed by atoms with van der Waals surface area (Å²) in [4.78, 5) is 12.3. The van der Waals surface area contributed by atoms with Gasteiger partial charge in [-0.3, -0.25) is 4.79 Å². The monoisotopic (exact) mass is 303 g/mol. The van der Waals surface area contributed by atoms with Gasteiger partial charge in [0.2, 0.25) is 0 Å². The number of rotatable bonds is 3. The first kappa shape index (κ1) is 12.8. The van der Waals surface area contributed by atoms with E-state index in [0.717, 1.165) is 10.9 Å². The highest BCUT2D eigenvalue weighted by molar-refractivity contribution is 9.10. The molecule has 2 N–H and O–H groups in total. The molecule has 2 aromatic rings. The zero-order valence-corrected chi connectivity index (χ0v) is 11.7. The van der Waals surface area contributed by atoms with Gasteiger partial charge in [-0.1, -0.05) is 47.1 Å². The van der Waals surface area contributed by atoms with Crippen LogP contribution < -0.4 is 5.73 Å². The van der Waals surface area contributed by atoms with Crippen LogP contribution in [-0.2, 0) is 6.42 Å². The molecule has 0 bridgehead atoms. The van der Waals surface area contributed by atoms with Crippen molar-refractivity contribution in [2.45, 2.75) is 13.3 Å². The van der Waals surface area contributed by atoms with E-state index >= 15 is 0 Å². The Balaban J connectivity index is 2.38. The van der Waals surface area contributed by atoms with Crippen LogP contribution in [0.3, 0.4) is 0 Å². The van der Waals surface area contributed by atoms with E-state index in [1.165, 1.54) is 5.56 Å². The number of nitrogens with two attached hydrogens (primary N) is 1. The molecule has 2 nitrogen and oxygen atoms in total. The molecule has 0 saturated carbocycles. The average molecular weight is 304 g/mol. The Morgan fingerprint density at radius 1 is 1.17 bits per heavy atom. The lowest BCUT2D eigenvalue weighted by molar-refractivity contribution is 0.103. The number of aryl methyl sites for hydroxylation is 1. The lowest BCUT2D eigenvalue weighted by atomic mass is 10.0. The van der Waals surface area contributed by atoms with Gasteiger partial charge in [0.15, 0.2) is 5.78 Å². The van der Waals surface area contributed by atoms with Crippen molar-refractivity contribution in [2.75, 3.05) is 5.73 Å². The van der Waals surface area contributed by atoms with Crippen LogP contribution in [-0.4, -0.2) is 5.78 Å². The number of hydrogen-bond donors (Lipinski definition) is 1. The van der Waals surface area contributed by atoms with Gasteiger partial charge >= 0.3 is 0 Å². The molecular formula is C15H14BrNO. The van der Waals surface area contributed by atoms with E-state index in [9.17, 15) is 4.79 Å². The maximum Gasteiger partial charge on any atom is 0.194 e. The second-order valence-electron chi connectivity index (χ2n) is 4.12. The predicted molar refractivity (Wildman–Crippen MR) is 77.8 cm³/mol. The molecule has 0 fully saturated rings. The number of carbonyl (C=O) groups excluding carboxylic acids is 1. The summed E-state index contributed by atoms with van der Waals surface area (Å²) in [5.74, 6) is -0.0168. The summed E-state index contributed by atoms with van der Waals surface area (Å²) >= 11 is 3.38. The molecule has 0 spiro atoms. The number of hydrogen-bond acceptors (Lipinski definition) is 2. The van der Waals surface area contributed by atoms with Crippen LogP contribution in [0.25, 0.3) is 0 Å². The van der Waals surface area contributed by atoms with Crippen LogP contribution >= 0.6 is 15.9 Å². The molecule has 2 rings (SSSR count). The highest BCUT2D eigenvalue weighted by atomic mass is 79.9. The van der Waals surface area contributed by atoms with Gasteiger partial charge in [-0.05, 0) is 30.2 Å². The molecule has 0 atom stereocenters. The molecule has 92 valence electrons. The van der Waals surface area contributed by atoms with Crippen molar-refractivity contribution in [2.24, 2.45) is 0 Å². The van der Waals surface area contributed by atoms with E-state index in [1.807, 2.05) is 24.3 Å². The first-order valence-electron chi connectivity index (χ1n) is 5.80. The summed E-state index contributed by atoms with van der Waals surface area (Å²) in [6.45, 7) is 2.09. The summed E-state index contributed by atoms with van der Waals surface area (Å²) in [6.07, 6.45) is 0.969. The Labute approximate surface area is 115 Å². The number of carbonyl (C=O) groups is 1. The first-order valence-corrected chi connectivity index (χ1v) is 6.59. The molecule has 0 aliphatic rings. The molecule has 0 aromatic heterocycles. The zero-order chi connectivity index (χ0) is 13.1. The maximum absolute atomic E-state index is 12.3. The van der Waals surface area contributed by atoms with Crippen LogP contribution in [0.15, 0.2) is 46.9 Å². The van der Waals surface area contributed by atoms with Crippen molar-refractivity contribution < 1.29 is 4.79 Å².